The predicted molar refractivity (Wildman–Crippen MR) is 29.3 cm³/mol. The van der Waals surface area contributed by atoms with E-state index in [1.165, 1.54) is 0 Å². The Labute approximate surface area is 53.2 Å². The summed E-state index contributed by atoms with van der Waals surface area (Å²) in [5.41, 5.74) is 0. The Bertz CT molecular complexity index is 170. The van der Waals surface area contributed by atoms with E-state index in [4.69, 9.17) is 10.00 Å². The van der Waals surface area contributed by atoms with E-state index in [2.05, 4.69) is 0 Å². The summed E-state index contributed by atoms with van der Waals surface area (Å²) in [5, 5.41) is 8.30. The third-order valence-corrected chi connectivity index (χ3v) is 1.33. The smallest absolute Gasteiger partial charge is 0.323 e. The van der Waals surface area contributed by atoms with Gasteiger partial charge in [-0.1, -0.05) is 0 Å². The molecule has 0 unspecified atom stereocenters. The first kappa shape index (κ1) is 6.09. The van der Waals surface area contributed by atoms with Crippen LogP contribution in [0.4, 0.5) is 0 Å². The lowest BCUT2D eigenvalue weighted by Gasteiger charge is -1.95. The summed E-state index contributed by atoms with van der Waals surface area (Å²) < 4.78 is 4.70. The molecule has 0 aromatic heterocycles. The van der Waals surface area contributed by atoms with Crippen molar-refractivity contribution in [2.75, 3.05) is 0 Å². The fourth-order valence-electron chi connectivity index (χ4n) is 0.862. The van der Waals surface area contributed by atoms with Gasteiger partial charge in [-0.15, -0.1) is 0 Å². The molecule has 1 saturated heterocycles. The molecule has 0 saturated carbocycles. The number of carbonyl (C=O) groups excluding carboxylic acids is 1. The molecule has 1 fully saturated rings. The predicted octanol–water partition coefficient (Wildman–Crippen LogP) is 0.462. The van der Waals surface area contributed by atoms with E-state index in [-0.39, 0.29) is 12.1 Å². The quantitative estimate of drug-likeness (QED) is 0.442. The van der Waals surface area contributed by atoms with Gasteiger partial charge < -0.3 is 4.74 Å². The highest BCUT2D eigenvalue weighted by atomic mass is 16.5. The third kappa shape index (κ3) is 1.02. The van der Waals surface area contributed by atoms with Gasteiger partial charge in [0.05, 0.1) is 6.07 Å². The van der Waals surface area contributed by atoms with Crippen LogP contribution in [0.3, 0.4) is 0 Å². The molecular weight excluding hydrogens is 118 g/mol. The lowest BCUT2D eigenvalue weighted by atomic mass is 10.1. The number of esters is 1. The summed E-state index contributed by atoms with van der Waals surface area (Å²) >= 11 is 0. The largest absolute Gasteiger partial charge is 0.462 e. The first-order valence-corrected chi connectivity index (χ1v) is 2.84. The SMILES string of the molecule is C[C@@H]1C[C@H](C#N)C(=O)O1. The Morgan fingerprint density at radius 3 is 2.78 bits per heavy atom. The van der Waals surface area contributed by atoms with Gasteiger partial charge in [0.2, 0.25) is 0 Å². The van der Waals surface area contributed by atoms with Crippen LogP contribution in [-0.2, 0) is 9.53 Å². The first-order valence-electron chi connectivity index (χ1n) is 2.84. The molecule has 0 aromatic rings. The Balaban J connectivity index is 2.61. The second-order valence-corrected chi connectivity index (χ2v) is 2.16. The van der Waals surface area contributed by atoms with E-state index < -0.39 is 5.92 Å². The molecule has 0 aliphatic carbocycles. The van der Waals surface area contributed by atoms with Gasteiger partial charge in [0, 0.05) is 6.42 Å². The number of cyclic esters (lactones) is 1. The minimum Gasteiger partial charge on any atom is -0.462 e. The molecule has 9 heavy (non-hydrogen) atoms. The molecule has 0 radical (unpaired) electrons. The lowest BCUT2D eigenvalue weighted by Crippen LogP contribution is -2.03. The van der Waals surface area contributed by atoms with Gasteiger partial charge in [-0.05, 0) is 6.92 Å². The maximum Gasteiger partial charge on any atom is 0.323 e. The van der Waals surface area contributed by atoms with E-state index in [9.17, 15) is 4.79 Å². The van der Waals surface area contributed by atoms with Crippen molar-refractivity contribution in [2.24, 2.45) is 5.92 Å². The number of carbonyl (C=O) groups is 1. The Morgan fingerprint density at radius 2 is 2.56 bits per heavy atom. The molecule has 1 aliphatic heterocycles. The first-order chi connectivity index (χ1) is 4.24. The van der Waals surface area contributed by atoms with Gasteiger partial charge in [-0.3, -0.25) is 4.79 Å². The lowest BCUT2D eigenvalue weighted by molar-refractivity contribution is -0.142. The van der Waals surface area contributed by atoms with E-state index in [1.807, 2.05) is 6.07 Å². The van der Waals surface area contributed by atoms with Crippen LogP contribution in [0.2, 0.25) is 0 Å². The molecule has 3 nitrogen and oxygen atoms in total. The van der Waals surface area contributed by atoms with Crippen molar-refractivity contribution in [2.45, 2.75) is 19.4 Å². The monoisotopic (exact) mass is 125 g/mol. The van der Waals surface area contributed by atoms with E-state index in [0.717, 1.165) is 0 Å². The Morgan fingerprint density at radius 1 is 1.89 bits per heavy atom. The van der Waals surface area contributed by atoms with E-state index in [0.29, 0.717) is 6.42 Å². The Kier molecular flexibility index (Phi) is 1.39. The Hall–Kier alpha value is -1.04. The van der Waals surface area contributed by atoms with Crippen molar-refractivity contribution >= 4 is 5.97 Å². The molecule has 3 heteroatoms. The molecular formula is C6H7NO2. The molecule has 2 atom stereocenters. The zero-order valence-electron chi connectivity index (χ0n) is 5.13. The van der Waals surface area contributed by atoms with Crippen molar-refractivity contribution in [1.29, 1.82) is 5.26 Å². The van der Waals surface area contributed by atoms with Crippen molar-refractivity contribution < 1.29 is 9.53 Å². The summed E-state index contributed by atoms with van der Waals surface area (Å²) in [6.45, 7) is 1.79. The molecule has 48 valence electrons. The standard InChI is InChI=1S/C6H7NO2/c1-4-2-5(3-7)6(8)9-4/h4-5H,2H2,1H3/t4-,5-/m1/s1. The molecule has 1 aliphatic rings. The van der Waals surface area contributed by atoms with E-state index in [1.54, 1.807) is 6.92 Å². The fraction of sp³-hybridized carbons (Fsp3) is 0.667. The average Bonchev–Trinajstić information content (AvgIpc) is 2.10. The molecule has 1 heterocycles. The topological polar surface area (TPSA) is 50.1 Å². The maximum atomic E-state index is 10.6. The fourth-order valence-corrected chi connectivity index (χ4v) is 0.862. The van der Waals surface area contributed by atoms with Crippen LogP contribution in [-0.4, -0.2) is 12.1 Å². The van der Waals surface area contributed by atoms with Crippen LogP contribution >= 0.6 is 0 Å². The van der Waals surface area contributed by atoms with Crippen molar-refractivity contribution in [3.8, 4) is 6.07 Å². The van der Waals surface area contributed by atoms with Gasteiger partial charge in [0.1, 0.15) is 12.0 Å². The van der Waals surface area contributed by atoms with E-state index >= 15 is 0 Å². The van der Waals surface area contributed by atoms with Gasteiger partial charge in [-0.25, -0.2) is 0 Å². The zero-order chi connectivity index (χ0) is 6.85. The van der Waals surface area contributed by atoms with Crippen LogP contribution < -0.4 is 0 Å². The molecule has 0 spiro atoms. The molecule has 0 N–H and O–H groups in total. The molecule has 0 amide bonds. The summed E-state index contributed by atoms with van der Waals surface area (Å²) in [4.78, 5) is 10.6. The van der Waals surface area contributed by atoms with Gasteiger partial charge in [-0.2, -0.15) is 5.26 Å². The minimum atomic E-state index is -0.514. The van der Waals surface area contributed by atoms with Gasteiger partial charge in [0.15, 0.2) is 0 Å². The van der Waals surface area contributed by atoms with Crippen molar-refractivity contribution in [3.05, 3.63) is 0 Å². The van der Waals surface area contributed by atoms with Crippen LogP contribution in [0.5, 0.6) is 0 Å². The highest BCUT2D eigenvalue weighted by Gasteiger charge is 2.31. The van der Waals surface area contributed by atoms with Crippen molar-refractivity contribution in [1.82, 2.24) is 0 Å². The normalized spacial score (nSPS) is 33.6. The number of hydrogen-bond acceptors (Lipinski definition) is 3. The number of ether oxygens (including phenoxy) is 1. The molecule has 0 aromatic carbocycles. The van der Waals surface area contributed by atoms with Gasteiger partial charge >= 0.3 is 5.97 Å². The highest BCUT2D eigenvalue weighted by molar-refractivity contribution is 5.77. The summed E-state index contributed by atoms with van der Waals surface area (Å²) in [5.74, 6) is -0.884. The van der Waals surface area contributed by atoms with Gasteiger partial charge in [0.25, 0.3) is 0 Å². The number of hydrogen-bond donors (Lipinski definition) is 0. The third-order valence-electron chi connectivity index (χ3n) is 1.33. The van der Waals surface area contributed by atoms with Crippen molar-refractivity contribution in [3.63, 3.8) is 0 Å². The minimum absolute atomic E-state index is 0.0675. The zero-order valence-corrected chi connectivity index (χ0v) is 5.13. The van der Waals surface area contributed by atoms with Crippen LogP contribution in [0.1, 0.15) is 13.3 Å². The number of rotatable bonds is 0. The number of nitrogens with zero attached hydrogens (tertiary/aromatic N) is 1. The average molecular weight is 125 g/mol. The summed E-state index contributed by atoms with van der Waals surface area (Å²) in [6.07, 6.45) is 0.483. The second-order valence-electron chi connectivity index (χ2n) is 2.16. The summed E-state index contributed by atoms with van der Waals surface area (Å²) in [6, 6.07) is 1.87. The molecule has 0 bridgehead atoms. The van der Waals surface area contributed by atoms with Crippen LogP contribution in [0, 0.1) is 17.2 Å². The molecule has 1 rings (SSSR count). The maximum absolute atomic E-state index is 10.6. The number of nitriles is 1. The van der Waals surface area contributed by atoms with Crippen LogP contribution in [0.25, 0.3) is 0 Å². The highest BCUT2D eigenvalue weighted by Crippen LogP contribution is 2.19. The van der Waals surface area contributed by atoms with Crippen LogP contribution in [0.15, 0.2) is 0 Å². The summed E-state index contributed by atoms with van der Waals surface area (Å²) in [7, 11) is 0. The second kappa shape index (κ2) is 2.06.